The number of hydrogen-bond acceptors (Lipinski definition) is 3. The number of unbranched alkanes of at least 4 members (excludes halogenated alkanes) is 1. The van der Waals surface area contributed by atoms with Crippen molar-refractivity contribution in [1.29, 1.82) is 0 Å². The van der Waals surface area contributed by atoms with Gasteiger partial charge in [-0.2, -0.15) is 13.1 Å². The van der Waals surface area contributed by atoms with Crippen LogP contribution in [-0.2, 0) is 15.0 Å². The van der Waals surface area contributed by atoms with Crippen molar-refractivity contribution >= 4 is 16.1 Å². The molecule has 0 aromatic rings. The lowest BCUT2D eigenvalue weighted by Gasteiger charge is -2.30. The zero-order chi connectivity index (χ0) is 10.8. The Hall–Kier alpha value is -0.620. The first-order valence-corrected chi connectivity index (χ1v) is 6.24. The van der Waals surface area contributed by atoms with Crippen LogP contribution in [0.4, 0.5) is 0 Å². The standard InChI is InChI=1S/C8H16N2O3S/c1-3-4-5-10-8(11)6-7(2)9-14(10,12)13/h7,9H,3-6H2,1-2H3. The molecule has 0 aromatic heterocycles. The van der Waals surface area contributed by atoms with Gasteiger partial charge in [-0.1, -0.05) is 13.3 Å². The van der Waals surface area contributed by atoms with Crippen LogP contribution in [0.2, 0.25) is 0 Å². The maximum atomic E-state index is 11.5. The van der Waals surface area contributed by atoms with E-state index in [1.165, 1.54) is 0 Å². The summed E-state index contributed by atoms with van der Waals surface area (Å²) in [5, 5.41) is 0. The molecule has 1 amide bonds. The Kier molecular flexibility index (Phi) is 3.49. The van der Waals surface area contributed by atoms with Crippen LogP contribution in [0, 0.1) is 0 Å². The van der Waals surface area contributed by atoms with Crippen LogP contribution in [0.15, 0.2) is 0 Å². The third kappa shape index (κ3) is 2.45. The Morgan fingerprint density at radius 3 is 2.71 bits per heavy atom. The fraction of sp³-hybridized carbons (Fsp3) is 0.875. The Bertz CT molecular complexity index is 313. The van der Waals surface area contributed by atoms with E-state index >= 15 is 0 Å². The van der Waals surface area contributed by atoms with Gasteiger partial charge in [0.1, 0.15) is 0 Å². The number of carbonyl (C=O) groups excluding carboxylic acids is 1. The van der Waals surface area contributed by atoms with Gasteiger partial charge in [0.2, 0.25) is 5.91 Å². The van der Waals surface area contributed by atoms with Crippen molar-refractivity contribution in [3.63, 3.8) is 0 Å². The molecule has 1 aliphatic rings. The molecular formula is C8H16N2O3S. The molecule has 1 heterocycles. The van der Waals surface area contributed by atoms with E-state index in [1.807, 2.05) is 6.92 Å². The van der Waals surface area contributed by atoms with Crippen molar-refractivity contribution in [2.75, 3.05) is 6.54 Å². The van der Waals surface area contributed by atoms with Gasteiger partial charge in [-0.15, -0.1) is 0 Å². The zero-order valence-corrected chi connectivity index (χ0v) is 9.30. The number of nitrogens with one attached hydrogen (secondary N) is 1. The highest BCUT2D eigenvalue weighted by atomic mass is 32.2. The highest BCUT2D eigenvalue weighted by molar-refractivity contribution is 7.87. The van der Waals surface area contributed by atoms with Gasteiger partial charge < -0.3 is 0 Å². The lowest BCUT2D eigenvalue weighted by atomic mass is 10.2. The van der Waals surface area contributed by atoms with E-state index in [4.69, 9.17) is 0 Å². The molecule has 82 valence electrons. The van der Waals surface area contributed by atoms with Crippen molar-refractivity contribution in [1.82, 2.24) is 9.03 Å². The van der Waals surface area contributed by atoms with Crippen LogP contribution in [0.5, 0.6) is 0 Å². The van der Waals surface area contributed by atoms with E-state index in [-0.39, 0.29) is 24.9 Å². The van der Waals surface area contributed by atoms with Crippen LogP contribution in [0.3, 0.4) is 0 Å². The Morgan fingerprint density at radius 2 is 2.21 bits per heavy atom. The smallest absolute Gasteiger partial charge is 0.274 e. The lowest BCUT2D eigenvalue weighted by molar-refractivity contribution is -0.127. The molecule has 0 saturated carbocycles. The Balaban J connectivity index is 2.76. The molecule has 6 heteroatoms. The summed E-state index contributed by atoms with van der Waals surface area (Å²) in [6.45, 7) is 3.93. The summed E-state index contributed by atoms with van der Waals surface area (Å²) in [5.41, 5.74) is 0. The molecular weight excluding hydrogens is 204 g/mol. The van der Waals surface area contributed by atoms with Crippen molar-refractivity contribution in [2.45, 2.75) is 39.2 Å². The summed E-state index contributed by atoms with van der Waals surface area (Å²) >= 11 is 0. The highest BCUT2D eigenvalue weighted by Crippen LogP contribution is 2.12. The van der Waals surface area contributed by atoms with Gasteiger partial charge in [0.25, 0.3) is 0 Å². The molecule has 1 aliphatic heterocycles. The topological polar surface area (TPSA) is 66.5 Å². The van der Waals surface area contributed by atoms with Crippen LogP contribution < -0.4 is 4.72 Å². The third-order valence-corrected chi connectivity index (χ3v) is 3.78. The van der Waals surface area contributed by atoms with Gasteiger partial charge in [-0.3, -0.25) is 4.79 Å². The summed E-state index contributed by atoms with van der Waals surface area (Å²) in [6, 6.07) is -0.287. The first-order chi connectivity index (χ1) is 6.47. The monoisotopic (exact) mass is 220 g/mol. The quantitative estimate of drug-likeness (QED) is 0.741. The fourth-order valence-corrected chi connectivity index (χ4v) is 2.84. The third-order valence-electron chi connectivity index (χ3n) is 2.11. The average molecular weight is 220 g/mol. The van der Waals surface area contributed by atoms with E-state index in [0.29, 0.717) is 6.42 Å². The molecule has 1 N–H and O–H groups in total. The maximum Gasteiger partial charge on any atom is 0.303 e. The molecule has 0 aliphatic carbocycles. The molecule has 0 radical (unpaired) electrons. The molecule has 0 spiro atoms. The van der Waals surface area contributed by atoms with E-state index in [0.717, 1.165) is 10.7 Å². The number of carbonyl (C=O) groups is 1. The first kappa shape index (κ1) is 11.5. The minimum absolute atomic E-state index is 0.253. The molecule has 14 heavy (non-hydrogen) atoms. The van der Waals surface area contributed by atoms with E-state index in [9.17, 15) is 13.2 Å². The number of nitrogens with zero attached hydrogens (tertiary/aromatic N) is 1. The first-order valence-electron chi connectivity index (χ1n) is 4.80. The van der Waals surface area contributed by atoms with Crippen LogP contribution >= 0.6 is 0 Å². The Labute approximate surface area is 84.7 Å². The summed E-state index contributed by atoms with van der Waals surface area (Å²) in [4.78, 5) is 11.4. The second-order valence-electron chi connectivity index (χ2n) is 3.55. The highest BCUT2D eigenvalue weighted by Gasteiger charge is 2.34. The number of rotatable bonds is 3. The fourth-order valence-electron chi connectivity index (χ4n) is 1.40. The maximum absolute atomic E-state index is 11.5. The van der Waals surface area contributed by atoms with Gasteiger partial charge in [0, 0.05) is 19.0 Å². The van der Waals surface area contributed by atoms with Crippen molar-refractivity contribution < 1.29 is 13.2 Å². The van der Waals surface area contributed by atoms with Crippen LogP contribution in [-0.4, -0.2) is 31.2 Å². The molecule has 0 aromatic carbocycles. The molecule has 0 bridgehead atoms. The molecule has 1 atom stereocenters. The summed E-state index contributed by atoms with van der Waals surface area (Å²) in [6.07, 6.45) is 1.83. The van der Waals surface area contributed by atoms with Gasteiger partial charge >= 0.3 is 10.2 Å². The second kappa shape index (κ2) is 4.27. The summed E-state index contributed by atoms with van der Waals surface area (Å²) in [7, 11) is -3.56. The van der Waals surface area contributed by atoms with Crippen molar-refractivity contribution in [3.8, 4) is 0 Å². The molecule has 1 saturated heterocycles. The summed E-state index contributed by atoms with van der Waals surface area (Å²) in [5.74, 6) is -0.301. The van der Waals surface area contributed by atoms with Crippen molar-refractivity contribution in [3.05, 3.63) is 0 Å². The largest absolute Gasteiger partial charge is 0.303 e. The number of amides is 1. The molecule has 1 unspecified atom stereocenters. The Morgan fingerprint density at radius 1 is 1.57 bits per heavy atom. The SMILES string of the molecule is CCCCN1C(=O)CC(C)NS1(=O)=O. The normalized spacial score (nSPS) is 26.6. The van der Waals surface area contributed by atoms with E-state index in [1.54, 1.807) is 6.92 Å². The molecule has 1 rings (SSSR count). The average Bonchev–Trinajstić information content (AvgIpc) is 2.00. The molecule has 1 fully saturated rings. The minimum atomic E-state index is -3.56. The van der Waals surface area contributed by atoms with E-state index in [2.05, 4.69) is 4.72 Å². The lowest BCUT2D eigenvalue weighted by Crippen LogP contribution is -2.54. The van der Waals surface area contributed by atoms with Crippen LogP contribution in [0.1, 0.15) is 33.1 Å². The van der Waals surface area contributed by atoms with Gasteiger partial charge in [0.05, 0.1) is 0 Å². The second-order valence-corrected chi connectivity index (χ2v) is 5.17. The zero-order valence-electron chi connectivity index (χ0n) is 8.49. The summed E-state index contributed by atoms with van der Waals surface area (Å²) < 4.78 is 26.4. The van der Waals surface area contributed by atoms with E-state index < -0.39 is 10.2 Å². The van der Waals surface area contributed by atoms with Crippen molar-refractivity contribution in [2.24, 2.45) is 0 Å². The van der Waals surface area contributed by atoms with Gasteiger partial charge in [-0.05, 0) is 13.3 Å². The van der Waals surface area contributed by atoms with Gasteiger partial charge in [-0.25, -0.2) is 4.31 Å². The number of hydrogen-bond donors (Lipinski definition) is 1. The predicted molar refractivity (Wildman–Crippen MR) is 52.8 cm³/mol. The minimum Gasteiger partial charge on any atom is -0.274 e. The van der Waals surface area contributed by atoms with Crippen LogP contribution in [0.25, 0.3) is 0 Å². The predicted octanol–water partition coefficient (Wildman–Crippen LogP) is 0.242. The van der Waals surface area contributed by atoms with Gasteiger partial charge in [0.15, 0.2) is 0 Å². The molecule has 5 nitrogen and oxygen atoms in total.